The first-order valence-electron chi connectivity index (χ1n) is 8.61. The Kier molecular flexibility index (Phi) is 6.68. The monoisotopic (exact) mass is 311 g/mol. The molecule has 0 aromatic carbocycles. The number of methoxy groups -OCH3 is 1. The third kappa shape index (κ3) is 5.27. The first-order valence-corrected chi connectivity index (χ1v) is 8.61. The number of hydrogen-bond acceptors (Lipinski definition) is 4. The molecule has 0 heterocycles. The lowest BCUT2D eigenvalue weighted by atomic mass is 9.95. The second-order valence-corrected chi connectivity index (χ2v) is 6.73. The van der Waals surface area contributed by atoms with Gasteiger partial charge in [-0.05, 0) is 39.0 Å². The minimum atomic E-state index is -0.221. The van der Waals surface area contributed by atoms with E-state index in [0.717, 1.165) is 51.4 Å². The summed E-state index contributed by atoms with van der Waals surface area (Å²) >= 11 is 0. The van der Waals surface area contributed by atoms with E-state index in [1.165, 1.54) is 0 Å². The average molecular weight is 311 g/mol. The fourth-order valence-corrected chi connectivity index (χ4v) is 3.51. The van der Waals surface area contributed by atoms with Gasteiger partial charge in [-0.1, -0.05) is 12.8 Å². The van der Waals surface area contributed by atoms with Crippen molar-refractivity contribution in [1.29, 1.82) is 0 Å². The Morgan fingerprint density at radius 3 is 2.45 bits per heavy atom. The quantitative estimate of drug-likeness (QED) is 0.766. The van der Waals surface area contributed by atoms with Crippen molar-refractivity contribution in [2.24, 2.45) is 5.92 Å². The predicted molar refractivity (Wildman–Crippen MR) is 83.3 cm³/mol. The lowest BCUT2D eigenvalue weighted by molar-refractivity contribution is -0.153. The topological polar surface area (TPSA) is 64.6 Å². The number of carbonyl (C=O) groups excluding carboxylic acids is 2. The van der Waals surface area contributed by atoms with Gasteiger partial charge >= 0.3 is 5.97 Å². The number of carbonyl (C=O) groups is 2. The van der Waals surface area contributed by atoms with Crippen molar-refractivity contribution in [3.05, 3.63) is 0 Å². The molecule has 0 unspecified atom stereocenters. The summed E-state index contributed by atoms with van der Waals surface area (Å²) in [7, 11) is 1.70. The van der Waals surface area contributed by atoms with Gasteiger partial charge in [0, 0.05) is 25.5 Å². The SMILES string of the molecule is CO[C@@H]1CCC[C@@H](OC(=O)C[C@H](C)NC(=O)C2CCCC2)C1. The fourth-order valence-electron chi connectivity index (χ4n) is 3.51. The minimum Gasteiger partial charge on any atom is -0.462 e. The molecule has 0 bridgehead atoms. The number of amides is 1. The molecule has 2 saturated carbocycles. The zero-order chi connectivity index (χ0) is 15.9. The molecule has 0 saturated heterocycles. The van der Waals surface area contributed by atoms with Crippen LogP contribution in [-0.2, 0) is 19.1 Å². The molecule has 0 aromatic heterocycles. The molecule has 1 amide bonds. The van der Waals surface area contributed by atoms with Gasteiger partial charge in [-0.25, -0.2) is 0 Å². The third-order valence-corrected chi connectivity index (χ3v) is 4.80. The van der Waals surface area contributed by atoms with Crippen LogP contribution < -0.4 is 5.32 Å². The summed E-state index contributed by atoms with van der Waals surface area (Å²) in [6.45, 7) is 1.87. The summed E-state index contributed by atoms with van der Waals surface area (Å²) in [4.78, 5) is 24.0. The van der Waals surface area contributed by atoms with Crippen molar-refractivity contribution in [3.8, 4) is 0 Å². The van der Waals surface area contributed by atoms with E-state index in [0.29, 0.717) is 0 Å². The van der Waals surface area contributed by atoms with E-state index in [-0.39, 0.29) is 42.5 Å². The molecule has 5 heteroatoms. The van der Waals surface area contributed by atoms with Crippen molar-refractivity contribution in [2.45, 2.75) is 83.0 Å². The van der Waals surface area contributed by atoms with Crippen LogP contribution in [0.3, 0.4) is 0 Å². The van der Waals surface area contributed by atoms with Crippen LogP contribution in [0.2, 0.25) is 0 Å². The van der Waals surface area contributed by atoms with E-state index >= 15 is 0 Å². The van der Waals surface area contributed by atoms with Crippen molar-refractivity contribution in [3.63, 3.8) is 0 Å². The molecule has 1 N–H and O–H groups in total. The number of rotatable bonds is 6. The Hall–Kier alpha value is -1.10. The van der Waals surface area contributed by atoms with E-state index in [2.05, 4.69) is 5.32 Å². The van der Waals surface area contributed by atoms with Gasteiger partial charge < -0.3 is 14.8 Å². The van der Waals surface area contributed by atoms with Gasteiger partial charge in [0.2, 0.25) is 5.91 Å². The Balaban J connectivity index is 1.68. The molecule has 2 aliphatic carbocycles. The van der Waals surface area contributed by atoms with Gasteiger partial charge in [0.15, 0.2) is 0 Å². The maximum absolute atomic E-state index is 12.0. The maximum atomic E-state index is 12.0. The van der Waals surface area contributed by atoms with E-state index < -0.39 is 0 Å². The van der Waals surface area contributed by atoms with E-state index in [1.807, 2.05) is 6.92 Å². The summed E-state index contributed by atoms with van der Waals surface area (Å²) in [5.41, 5.74) is 0. The Morgan fingerprint density at radius 2 is 1.77 bits per heavy atom. The Bertz CT molecular complexity index is 379. The van der Waals surface area contributed by atoms with Gasteiger partial charge in [-0.3, -0.25) is 9.59 Å². The number of ether oxygens (including phenoxy) is 2. The van der Waals surface area contributed by atoms with Crippen molar-refractivity contribution in [2.75, 3.05) is 7.11 Å². The minimum absolute atomic E-state index is 0.0380. The highest BCUT2D eigenvalue weighted by Gasteiger charge is 2.27. The molecule has 0 spiro atoms. The van der Waals surface area contributed by atoms with Crippen LogP contribution >= 0.6 is 0 Å². The highest BCUT2D eigenvalue weighted by Crippen LogP contribution is 2.25. The molecule has 2 rings (SSSR count). The summed E-state index contributed by atoms with van der Waals surface area (Å²) in [6, 6.07) is -0.164. The van der Waals surface area contributed by atoms with Crippen LogP contribution in [0.5, 0.6) is 0 Å². The lowest BCUT2D eigenvalue weighted by Crippen LogP contribution is -2.38. The first-order chi connectivity index (χ1) is 10.6. The summed E-state index contributed by atoms with van der Waals surface area (Å²) in [5, 5.41) is 2.95. The smallest absolute Gasteiger partial charge is 0.308 e. The zero-order valence-electron chi connectivity index (χ0n) is 13.8. The maximum Gasteiger partial charge on any atom is 0.308 e. The van der Waals surface area contributed by atoms with Crippen molar-refractivity contribution >= 4 is 11.9 Å². The van der Waals surface area contributed by atoms with Gasteiger partial charge in [0.1, 0.15) is 6.10 Å². The molecule has 2 aliphatic rings. The normalized spacial score (nSPS) is 27.4. The third-order valence-electron chi connectivity index (χ3n) is 4.80. The molecule has 0 aliphatic heterocycles. The molecule has 0 radical (unpaired) electrons. The molecule has 3 atom stereocenters. The molecule has 22 heavy (non-hydrogen) atoms. The second-order valence-electron chi connectivity index (χ2n) is 6.73. The van der Waals surface area contributed by atoms with E-state index in [4.69, 9.17) is 9.47 Å². The molecular formula is C17H29NO4. The molecule has 2 fully saturated rings. The number of hydrogen-bond donors (Lipinski definition) is 1. The molecule has 0 aromatic rings. The fraction of sp³-hybridized carbons (Fsp3) is 0.882. The predicted octanol–water partition coefficient (Wildman–Crippen LogP) is 2.57. The van der Waals surface area contributed by atoms with Crippen molar-refractivity contribution in [1.82, 2.24) is 5.32 Å². The van der Waals surface area contributed by atoms with Crippen LogP contribution in [0.15, 0.2) is 0 Å². The average Bonchev–Trinajstić information content (AvgIpc) is 3.01. The van der Waals surface area contributed by atoms with Gasteiger partial charge in [-0.2, -0.15) is 0 Å². The summed E-state index contributed by atoms with van der Waals surface area (Å²) in [6.07, 6.45) is 8.39. The Morgan fingerprint density at radius 1 is 1.09 bits per heavy atom. The molecule has 126 valence electrons. The van der Waals surface area contributed by atoms with Gasteiger partial charge in [0.25, 0.3) is 0 Å². The summed E-state index contributed by atoms with van der Waals surface area (Å²) in [5.74, 6) is 0.00941. The van der Waals surface area contributed by atoms with Crippen LogP contribution in [0.4, 0.5) is 0 Å². The number of nitrogens with one attached hydrogen (secondary N) is 1. The highest BCUT2D eigenvalue weighted by atomic mass is 16.5. The van der Waals surface area contributed by atoms with Gasteiger partial charge in [0.05, 0.1) is 12.5 Å². The highest BCUT2D eigenvalue weighted by molar-refractivity contribution is 5.80. The first kappa shape index (κ1) is 17.3. The van der Waals surface area contributed by atoms with E-state index in [9.17, 15) is 9.59 Å². The lowest BCUT2D eigenvalue weighted by Gasteiger charge is -2.28. The second kappa shape index (κ2) is 8.51. The van der Waals surface area contributed by atoms with Crippen molar-refractivity contribution < 1.29 is 19.1 Å². The molecule has 5 nitrogen and oxygen atoms in total. The zero-order valence-corrected chi connectivity index (χ0v) is 13.8. The van der Waals surface area contributed by atoms with Crippen LogP contribution in [-0.4, -0.2) is 37.2 Å². The Labute approximate surface area is 133 Å². The van der Waals surface area contributed by atoms with Crippen LogP contribution in [0.25, 0.3) is 0 Å². The van der Waals surface area contributed by atoms with Crippen LogP contribution in [0, 0.1) is 5.92 Å². The van der Waals surface area contributed by atoms with Crippen LogP contribution in [0.1, 0.15) is 64.7 Å². The summed E-state index contributed by atoms with van der Waals surface area (Å²) < 4.78 is 10.9. The van der Waals surface area contributed by atoms with Gasteiger partial charge in [-0.15, -0.1) is 0 Å². The number of esters is 1. The largest absolute Gasteiger partial charge is 0.462 e. The standard InChI is InChI=1S/C17H29NO4/c1-12(18-17(20)13-6-3-4-7-13)10-16(19)22-15-9-5-8-14(11-15)21-2/h12-15H,3-11H2,1-2H3,(H,18,20)/t12-,14+,15+/m0/s1. The van der Waals surface area contributed by atoms with E-state index in [1.54, 1.807) is 7.11 Å². The molecular weight excluding hydrogens is 282 g/mol.